The quantitative estimate of drug-likeness (QED) is 0.275. The number of benzene rings is 1. The molecule has 1 aromatic carbocycles. The number of anilines is 1. The zero-order chi connectivity index (χ0) is 31.4. The van der Waals surface area contributed by atoms with E-state index in [2.05, 4.69) is 20.5 Å². The van der Waals surface area contributed by atoms with Crippen molar-refractivity contribution in [1.29, 1.82) is 0 Å². The predicted octanol–water partition coefficient (Wildman–Crippen LogP) is 5.67. The van der Waals surface area contributed by atoms with Crippen molar-refractivity contribution in [2.75, 3.05) is 18.4 Å². The first-order valence-electron chi connectivity index (χ1n) is 16.2. The highest BCUT2D eigenvalue weighted by molar-refractivity contribution is 7.19. The van der Waals surface area contributed by atoms with Gasteiger partial charge in [0.25, 0.3) is 5.91 Å². The van der Waals surface area contributed by atoms with E-state index in [4.69, 9.17) is 26.4 Å². The molecule has 46 heavy (non-hydrogen) atoms. The highest BCUT2D eigenvalue weighted by Gasteiger charge is 2.38. The summed E-state index contributed by atoms with van der Waals surface area (Å²) in [6, 6.07) is 10.1. The molecular formula is C34H36ClN7O3S. The van der Waals surface area contributed by atoms with Crippen molar-refractivity contribution in [3.8, 4) is 27.5 Å². The number of fused-ring (bicyclic) bond motifs is 5. The van der Waals surface area contributed by atoms with Crippen molar-refractivity contribution < 1.29 is 14.3 Å². The van der Waals surface area contributed by atoms with E-state index >= 15 is 0 Å². The Bertz CT molecular complexity index is 1790. The largest absolute Gasteiger partial charge is 0.372 e. The topological polar surface area (TPSA) is 114 Å². The monoisotopic (exact) mass is 657 g/mol. The molecular weight excluding hydrogens is 622 g/mol. The predicted molar refractivity (Wildman–Crippen MR) is 178 cm³/mol. The van der Waals surface area contributed by atoms with E-state index in [1.807, 2.05) is 35.1 Å². The van der Waals surface area contributed by atoms with Crippen molar-refractivity contribution in [1.82, 2.24) is 30.0 Å². The maximum atomic E-state index is 13.4. The summed E-state index contributed by atoms with van der Waals surface area (Å²) in [5.74, 6) is -0.269. The summed E-state index contributed by atoms with van der Waals surface area (Å²) in [5, 5.41) is 12.2. The molecule has 2 atom stereocenters. The van der Waals surface area contributed by atoms with Gasteiger partial charge in [0.05, 0.1) is 44.9 Å². The second kappa shape index (κ2) is 12.2. The van der Waals surface area contributed by atoms with Crippen LogP contribution in [0.5, 0.6) is 0 Å². The van der Waals surface area contributed by atoms with E-state index in [1.165, 1.54) is 31.1 Å². The minimum atomic E-state index is -0.162. The Balaban J connectivity index is 1.03. The summed E-state index contributed by atoms with van der Waals surface area (Å²) < 4.78 is 7.89. The third-order valence-corrected chi connectivity index (χ3v) is 11.1. The average Bonchev–Trinajstić information content (AvgIpc) is 3.75. The number of pyridine rings is 1. The Morgan fingerprint density at radius 1 is 1.04 bits per heavy atom. The van der Waals surface area contributed by atoms with Gasteiger partial charge in [-0.05, 0) is 81.7 Å². The van der Waals surface area contributed by atoms with E-state index in [-0.39, 0.29) is 17.9 Å². The highest BCUT2D eigenvalue weighted by Crippen LogP contribution is 2.45. The lowest BCUT2D eigenvalue weighted by atomic mass is 9.89. The number of thiazole rings is 1. The van der Waals surface area contributed by atoms with Crippen LogP contribution in [0.15, 0.2) is 42.7 Å². The third kappa shape index (κ3) is 5.63. The number of morpholine rings is 1. The minimum absolute atomic E-state index is 0.107. The molecule has 2 aliphatic carbocycles. The van der Waals surface area contributed by atoms with E-state index in [0.29, 0.717) is 39.7 Å². The maximum absolute atomic E-state index is 13.4. The normalized spacial score (nSPS) is 23.9. The number of amides is 2. The molecule has 3 fully saturated rings. The van der Waals surface area contributed by atoms with Gasteiger partial charge in [-0.3, -0.25) is 19.5 Å². The molecule has 2 N–H and O–H groups in total. The summed E-state index contributed by atoms with van der Waals surface area (Å²) in [6.45, 7) is 3.58. The Kier molecular flexibility index (Phi) is 7.88. The van der Waals surface area contributed by atoms with Gasteiger partial charge in [0, 0.05) is 61.2 Å². The second-order valence-electron chi connectivity index (χ2n) is 12.9. The zero-order valence-corrected chi connectivity index (χ0v) is 27.2. The molecule has 2 unspecified atom stereocenters. The van der Waals surface area contributed by atoms with Gasteiger partial charge in [0.2, 0.25) is 5.91 Å². The molecule has 1 saturated carbocycles. The number of rotatable bonds is 6. The number of nitrogens with one attached hydrogen (secondary N) is 2. The van der Waals surface area contributed by atoms with E-state index in [1.54, 1.807) is 12.3 Å². The van der Waals surface area contributed by atoms with Crippen molar-refractivity contribution >= 4 is 39.9 Å². The molecule has 4 aliphatic rings. The van der Waals surface area contributed by atoms with Gasteiger partial charge in [-0.15, -0.1) is 0 Å². The molecule has 10 nitrogen and oxygen atoms in total. The SMILES string of the molecule is CC(=O)Nc1nc2c(s1)-c1c(c(-c3cccnc3)nn1-c1ccc(C(=O)NC3CCC(N4CC5CCC(C4)O5)CC3)cc1Cl)CC2. The van der Waals surface area contributed by atoms with E-state index in [0.717, 1.165) is 84.7 Å². The Morgan fingerprint density at radius 3 is 2.57 bits per heavy atom. The van der Waals surface area contributed by atoms with Crippen molar-refractivity contribution in [2.24, 2.45) is 0 Å². The van der Waals surface area contributed by atoms with Crippen LogP contribution in [0.4, 0.5) is 5.13 Å². The summed E-state index contributed by atoms with van der Waals surface area (Å²) in [7, 11) is 0. The van der Waals surface area contributed by atoms with Crippen LogP contribution < -0.4 is 10.6 Å². The fraction of sp³-hybridized carbons (Fsp3) is 0.441. The number of aryl methyl sites for hydroxylation is 1. The first-order chi connectivity index (χ1) is 22.4. The average molecular weight is 658 g/mol. The molecule has 5 heterocycles. The molecule has 2 amide bonds. The van der Waals surface area contributed by atoms with Gasteiger partial charge < -0.3 is 15.4 Å². The smallest absolute Gasteiger partial charge is 0.251 e. The third-order valence-electron chi connectivity index (χ3n) is 9.78. The molecule has 2 bridgehead atoms. The second-order valence-corrected chi connectivity index (χ2v) is 14.3. The van der Waals surface area contributed by atoms with Crippen LogP contribution >= 0.6 is 22.9 Å². The van der Waals surface area contributed by atoms with Crippen molar-refractivity contribution in [3.05, 3.63) is 64.6 Å². The number of carbonyl (C=O) groups is 2. The standard InChI is InChI=1S/C34H36ClN7O3S/c1-19(43)37-34-39-28-12-11-26-30(21-3-2-14-36-16-21)40-42(31(26)32(28)46-34)29-13-4-20(15-27(29)35)33(44)38-22-5-7-23(8-6-22)41-17-24-9-10-25(18-41)45-24/h2-4,13-16,22-25H,5-12,17-18H2,1H3,(H,38,44)(H,37,39,43). The Labute approximate surface area is 276 Å². The van der Waals surface area contributed by atoms with Crippen LogP contribution in [0, 0.1) is 0 Å². The van der Waals surface area contributed by atoms with Crippen LogP contribution in [0.25, 0.3) is 27.5 Å². The molecule has 2 aliphatic heterocycles. The fourth-order valence-electron chi connectivity index (χ4n) is 7.60. The van der Waals surface area contributed by atoms with Gasteiger partial charge in [-0.25, -0.2) is 9.67 Å². The number of halogens is 1. The summed E-state index contributed by atoms with van der Waals surface area (Å²) in [4.78, 5) is 37.8. The van der Waals surface area contributed by atoms with E-state index in [9.17, 15) is 9.59 Å². The first-order valence-corrected chi connectivity index (χ1v) is 17.4. The summed E-state index contributed by atoms with van der Waals surface area (Å²) >= 11 is 8.38. The molecule has 3 aromatic heterocycles. The number of ether oxygens (including phenoxy) is 1. The van der Waals surface area contributed by atoms with Gasteiger partial charge in [0.15, 0.2) is 5.13 Å². The van der Waals surface area contributed by atoms with Gasteiger partial charge in [-0.2, -0.15) is 5.10 Å². The van der Waals surface area contributed by atoms with Crippen LogP contribution in [-0.4, -0.2) is 73.8 Å². The lowest BCUT2D eigenvalue weighted by molar-refractivity contribution is -0.114. The fourth-order valence-corrected chi connectivity index (χ4v) is 8.98. The van der Waals surface area contributed by atoms with Crippen LogP contribution in [0.1, 0.15) is 67.1 Å². The number of nitrogens with zero attached hydrogens (tertiary/aromatic N) is 5. The van der Waals surface area contributed by atoms with Crippen LogP contribution in [-0.2, 0) is 22.4 Å². The van der Waals surface area contributed by atoms with Crippen molar-refractivity contribution in [3.63, 3.8) is 0 Å². The number of hydrogen-bond donors (Lipinski definition) is 2. The van der Waals surface area contributed by atoms with Gasteiger partial charge in [0.1, 0.15) is 0 Å². The Hall–Kier alpha value is -3.64. The van der Waals surface area contributed by atoms with Crippen LogP contribution in [0.2, 0.25) is 5.02 Å². The molecule has 238 valence electrons. The molecule has 0 radical (unpaired) electrons. The number of likely N-dealkylation sites (tertiary alicyclic amines) is 1. The molecule has 8 rings (SSSR count). The Morgan fingerprint density at radius 2 is 1.85 bits per heavy atom. The summed E-state index contributed by atoms with van der Waals surface area (Å²) in [5.41, 5.74) is 5.85. The highest BCUT2D eigenvalue weighted by atomic mass is 35.5. The number of aromatic nitrogens is 4. The van der Waals surface area contributed by atoms with Gasteiger partial charge >= 0.3 is 0 Å². The zero-order valence-electron chi connectivity index (χ0n) is 25.7. The number of carbonyl (C=O) groups excluding carboxylic acids is 2. The summed E-state index contributed by atoms with van der Waals surface area (Å²) in [6.07, 6.45) is 12.4. The minimum Gasteiger partial charge on any atom is -0.372 e. The molecule has 12 heteroatoms. The lowest BCUT2D eigenvalue weighted by Gasteiger charge is -2.41. The number of hydrogen-bond acceptors (Lipinski definition) is 8. The van der Waals surface area contributed by atoms with Gasteiger partial charge in [-0.1, -0.05) is 22.9 Å². The molecule has 4 aromatic rings. The first kappa shape index (κ1) is 29.7. The maximum Gasteiger partial charge on any atom is 0.251 e. The van der Waals surface area contributed by atoms with E-state index < -0.39 is 0 Å². The molecule has 2 saturated heterocycles. The lowest BCUT2D eigenvalue weighted by Crippen LogP contribution is -2.50. The van der Waals surface area contributed by atoms with Crippen molar-refractivity contribution in [2.45, 2.75) is 82.6 Å². The van der Waals surface area contributed by atoms with Crippen LogP contribution in [0.3, 0.4) is 0 Å². The molecule has 0 spiro atoms.